The van der Waals surface area contributed by atoms with Crippen LogP contribution in [-0.4, -0.2) is 34.2 Å². The Bertz CT molecular complexity index is 1050. The number of carbonyl (C=O) groups excluding carboxylic acids is 2. The van der Waals surface area contributed by atoms with E-state index in [9.17, 15) is 9.59 Å². The van der Waals surface area contributed by atoms with E-state index < -0.39 is 5.97 Å². The maximum absolute atomic E-state index is 12.3. The lowest BCUT2D eigenvalue weighted by Gasteiger charge is -2.06. The predicted molar refractivity (Wildman–Crippen MR) is 113 cm³/mol. The van der Waals surface area contributed by atoms with Gasteiger partial charge in [0.25, 0.3) is 0 Å². The van der Waals surface area contributed by atoms with Gasteiger partial charge in [-0.25, -0.2) is 14.8 Å². The van der Waals surface area contributed by atoms with Crippen molar-refractivity contribution >= 4 is 51.0 Å². The molecule has 0 aliphatic rings. The zero-order valence-corrected chi connectivity index (χ0v) is 17.2. The van der Waals surface area contributed by atoms with Gasteiger partial charge in [-0.2, -0.15) is 0 Å². The topological polar surface area (TPSA) is 81.2 Å². The van der Waals surface area contributed by atoms with E-state index in [2.05, 4.69) is 21.9 Å². The third-order valence-corrected chi connectivity index (χ3v) is 5.78. The van der Waals surface area contributed by atoms with Crippen LogP contribution >= 0.6 is 23.1 Å². The SMILES string of the molecule is C=CCOC(=O)c1sc(NC(=O)CSc2cc(C)c3ccccc3n2)nc1C. The van der Waals surface area contributed by atoms with Gasteiger partial charge < -0.3 is 10.1 Å². The minimum absolute atomic E-state index is 0.132. The zero-order valence-electron chi connectivity index (χ0n) is 15.5. The minimum Gasteiger partial charge on any atom is -0.457 e. The zero-order chi connectivity index (χ0) is 20.1. The van der Waals surface area contributed by atoms with E-state index in [4.69, 9.17) is 4.74 Å². The van der Waals surface area contributed by atoms with Crippen LogP contribution in [-0.2, 0) is 9.53 Å². The Balaban J connectivity index is 1.62. The molecule has 28 heavy (non-hydrogen) atoms. The number of thioether (sulfide) groups is 1. The maximum atomic E-state index is 12.3. The highest BCUT2D eigenvalue weighted by atomic mass is 32.2. The number of hydrogen-bond donors (Lipinski definition) is 1. The number of thiazole rings is 1. The summed E-state index contributed by atoms with van der Waals surface area (Å²) in [5.74, 6) is -0.488. The number of aromatic nitrogens is 2. The number of ether oxygens (including phenoxy) is 1. The highest BCUT2D eigenvalue weighted by Gasteiger charge is 2.17. The van der Waals surface area contributed by atoms with Crippen LogP contribution in [0.4, 0.5) is 5.13 Å². The first-order valence-electron chi connectivity index (χ1n) is 8.52. The molecular formula is C20H19N3O3S2. The molecule has 0 saturated carbocycles. The van der Waals surface area contributed by atoms with Crippen LogP contribution in [0, 0.1) is 13.8 Å². The Morgan fingerprint density at radius 3 is 2.86 bits per heavy atom. The summed E-state index contributed by atoms with van der Waals surface area (Å²) in [4.78, 5) is 33.4. The number of anilines is 1. The van der Waals surface area contributed by atoms with Gasteiger partial charge in [0.05, 0.1) is 22.0 Å². The second-order valence-corrected chi connectivity index (χ2v) is 7.95. The van der Waals surface area contributed by atoms with Gasteiger partial charge in [0, 0.05) is 5.39 Å². The lowest BCUT2D eigenvalue weighted by molar-refractivity contribution is -0.113. The molecule has 0 aliphatic heterocycles. The lowest BCUT2D eigenvalue weighted by atomic mass is 10.1. The van der Waals surface area contributed by atoms with Crippen molar-refractivity contribution in [2.24, 2.45) is 0 Å². The van der Waals surface area contributed by atoms with Crippen LogP contribution in [0.25, 0.3) is 10.9 Å². The third-order valence-electron chi connectivity index (χ3n) is 3.81. The number of pyridine rings is 1. The molecule has 8 heteroatoms. The Morgan fingerprint density at radius 2 is 2.07 bits per heavy atom. The summed E-state index contributed by atoms with van der Waals surface area (Å²) >= 11 is 2.45. The van der Waals surface area contributed by atoms with Crippen molar-refractivity contribution in [2.45, 2.75) is 18.9 Å². The van der Waals surface area contributed by atoms with Crippen LogP contribution in [0.15, 0.2) is 48.0 Å². The number of para-hydroxylation sites is 1. The van der Waals surface area contributed by atoms with Crippen molar-refractivity contribution in [3.8, 4) is 0 Å². The van der Waals surface area contributed by atoms with Crippen molar-refractivity contribution in [1.82, 2.24) is 9.97 Å². The fourth-order valence-electron chi connectivity index (χ4n) is 2.53. The molecular weight excluding hydrogens is 394 g/mol. The number of rotatable bonds is 7. The van der Waals surface area contributed by atoms with Crippen molar-refractivity contribution in [1.29, 1.82) is 0 Å². The molecule has 1 aromatic carbocycles. The third kappa shape index (κ3) is 4.76. The molecule has 0 aliphatic carbocycles. The smallest absolute Gasteiger partial charge is 0.350 e. The second-order valence-electron chi connectivity index (χ2n) is 5.95. The predicted octanol–water partition coefficient (Wildman–Crippen LogP) is 4.38. The molecule has 2 heterocycles. The number of benzene rings is 1. The minimum atomic E-state index is -0.472. The molecule has 6 nitrogen and oxygen atoms in total. The maximum Gasteiger partial charge on any atom is 0.350 e. The van der Waals surface area contributed by atoms with E-state index >= 15 is 0 Å². The summed E-state index contributed by atoms with van der Waals surface area (Å²) in [6, 6.07) is 9.88. The molecule has 144 valence electrons. The lowest BCUT2D eigenvalue weighted by Crippen LogP contribution is -2.13. The van der Waals surface area contributed by atoms with Gasteiger partial charge in [0.15, 0.2) is 5.13 Å². The highest BCUT2D eigenvalue weighted by molar-refractivity contribution is 7.99. The van der Waals surface area contributed by atoms with Crippen molar-refractivity contribution in [2.75, 3.05) is 17.7 Å². The largest absolute Gasteiger partial charge is 0.457 e. The number of nitrogens with one attached hydrogen (secondary N) is 1. The molecule has 0 atom stereocenters. The van der Waals surface area contributed by atoms with Crippen LogP contribution in [0.2, 0.25) is 0 Å². The Hall–Kier alpha value is -2.71. The van der Waals surface area contributed by atoms with E-state index in [0.717, 1.165) is 32.8 Å². The van der Waals surface area contributed by atoms with E-state index in [1.54, 1.807) is 6.92 Å². The first-order valence-corrected chi connectivity index (χ1v) is 10.3. The molecule has 0 saturated heterocycles. The second kappa shape index (κ2) is 8.99. The van der Waals surface area contributed by atoms with E-state index in [0.29, 0.717) is 15.7 Å². The van der Waals surface area contributed by atoms with Gasteiger partial charge in [-0.15, -0.1) is 0 Å². The normalized spacial score (nSPS) is 10.6. The fraction of sp³-hybridized carbons (Fsp3) is 0.200. The van der Waals surface area contributed by atoms with Gasteiger partial charge in [0.1, 0.15) is 11.5 Å². The van der Waals surface area contributed by atoms with Gasteiger partial charge in [-0.05, 0) is 31.5 Å². The highest BCUT2D eigenvalue weighted by Crippen LogP contribution is 2.25. The summed E-state index contributed by atoms with van der Waals surface area (Å²) in [5, 5.41) is 4.99. The number of nitrogens with zero attached hydrogens (tertiary/aromatic N) is 2. The molecule has 3 aromatic rings. The van der Waals surface area contributed by atoms with Crippen LogP contribution < -0.4 is 5.32 Å². The number of carbonyl (C=O) groups is 2. The van der Waals surface area contributed by atoms with Crippen molar-refractivity contribution < 1.29 is 14.3 Å². The van der Waals surface area contributed by atoms with Gasteiger partial charge in [-0.3, -0.25) is 4.79 Å². The fourth-order valence-corrected chi connectivity index (χ4v) is 4.18. The standard InChI is InChI=1S/C20H19N3O3S2/c1-4-9-26-19(25)18-13(3)21-20(28-18)23-16(24)11-27-17-10-12(2)14-7-5-6-8-15(14)22-17/h4-8,10H,1,9,11H2,2-3H3,(H,21,23,24). The number of hydrogen-bond acceptors (Lipinski definition) is 7. The number of aryl methyl sites for hydroxylation is 2. The van der Waals surface area contributed by atoms with Crippen LogP contribution in [0.5, 0.6) is 0 Å². The van der Waals surface area contributed by atoms with Gasteiger partial charge in [-0.1, -0.05) is 54.0 Å². The average Bonchev–Trinajstić information content (AvgIpc) is 3.04. The van der Waals surface area contributed by atoms with Crippen molar-refractivity contribution in [3.63, 3.8) is 0 Å². The molecule has 0 fully saturated rings. The van der Waals surface area contributed by atoms with E-state index in [1.807, 2.05) is 37.3 Å². The van der Waals surface area contributed by atoms with Crippen molar-refractivity contribution in [3.05, 3.63) is 59.1 Å². The summed E-state index contributed by atoms with van der Waals surface area (Å²) in [6.07, 6.45) is 1.50. The van der Waals surface area contributed by atoms with Crippen LogP contribution in [0.1, 0.15) is 20.9 Å². The quantitative estimate of drug-likeness (QED) is 0.352. The molecule has 1 N–H and O–H groups in total. The van der Waals surface area contributed by atoms with Gasteiger partial charge >= 0.3 is 5.97 Å². The van der Waals surface area contributed by atoms with E-state index in [-0.39, 0.29) is 18.3 Å². The summed E-state index contributed by atoms with van der Waals surface area (Å²) < 4.78 is 5.02. The first kappa shape index (κ1) is 20.0. The molecule has 2 aromatic heterocycles. The van der Waals surface area contributed by atoms with Gasteiger partial charge in [0.2, 0.25) is 5.91 Å². The van der Waals surface area contributed by atoms with Crippen LogP contribution in [0.3, 0.4) is 0 Å². The molecule has 0 radical (unpaired) electrons. The molecule has 1 amide bonds. The summed E-state index contributed by atoms with van der Waals surface area (Å²) in [7, 11) is 0. The monoisotopic (exact) mass is 413 g/mol. The molecule has 3 rings (SSSR count). The van der Waals surface area contributed by atoms with E-state index in [1.165, 1.54) is 17.8 Å². The Kier molecular flexibility index (Phi) is 6.43. The average molecular weight is 414 g/mol. The number of fused-ring (bicyclic) bond motifs is 1. The first-order chi connectivity index (χ1) is 13.5. The Morgan fingerprint density at radius 1 is 1.29 bits per heavy atom. The summed E-state index contributed by atoms with van der Waals surface area (Å²) in [5.41, 5.74) is 2.55. The molecule has 0 spiro atoms. The number of esters is 1. The molecule has 0 bridgehead atoms. The summed E-state index contributed by atoms with van der Waals surface area (Å²) in [6.45, 7) is 7.37. The molecule has 0 unspecified atom stereocenters. The number of amides is 1. The Labute approximate surface area is 171 Å².